The average Bonchev–Trinajstić information content (AvgIpc) is 2.86. The quantitative estimate of drug-likeness (QED) is 0.136. The lowest BCUT2D eigenvalue weighted by Crippen LogP contribution is -2.07. The van der Waals surface area contributed by atoms with Crippen LogP contribution < -0.4 is 20.8 Å². The molecule has 13 heteroatoms. The predicted molar refractivity (Wildman–Crippen MR) is 140 cm³/mol. The van der Waals surface area contributed by atoms with Crippen LogP contribution in [0.3, 0.4) is 0 Å². The van der Waals surface area contributed by atoms with E-state index in [1.807, 2.05) is 0 Å². The molecule has 0 radical (unpaired) electrons. The minimum absolute atomic E-state index is 0.0318. The molecule has 0 fully saturated rings. The summed E-state index contributed by atoms with van der Waals surface area (Å²) in [5, 5.41) is 22.1. The van der Waals surface area contributed by atoms with E-state index >= 15 is 0 Å². The molecule has 3 aromatic carbocycles. The van der Waals surface area contributed by atoms with Gasteiger partial charge in [-0.25, -0.2) is 5.43 Å². The molecule has 0 aliphatic heterocycles. The molecular weight excluding hydrogens is 507 g/mol. The normalized spacial score (nSPS) is 10.8. The van der Waals surface area contributed by atoms with Crippen LogP contribution in [0.1, 0.15) is 5.56 Å². The Labute approximate surface area is 215 Å². The van der Waals surface area contributed by atoms with Crippen LogP contribution in [0.25, 0.3) is 0 Å². The van der Waals surface area contributed by atoms with E-state index in [4.69, 9.17) is 27.9 Å². The number of nitrogens with one attached hydrogen (secondary N) is 3. The number of nitro benzene ring substituents is 1. The van der Waals surface area contributed by atoms with Gasteiger partial charge < -0.3 is 15.4 Å². The summed E-state index contributed by atoms with van der Waals surface area (Å²) in [7, 11) is 1.58. The lowest BCUT2D eigenvalue weighted by Gasteiger charge is -2.10. The molecule has 36 heavy (non-hydrogen) atoms. The molecule has 1 aromatic heterocycles. The standard InChI is InChI=1S/C23H18Cl2N8O3/c1-36-19-10-6-17(7-11-19)28-22-29-21(27-16-4-8-18(9-5-16)33(34)35)30-23(31-22)32-26-13-14-2-3-15(24)12-20(14)25/h2-13H,1H3,(H3,27,28,29,30,31,32). The monoisotopic (exact) mass is 524 g/mol. The smallest absolute Gasteiger partial charge is 0.269 e. The first-order valence-corrected chi connectivity index (χ1v) is 11.1. The molecule has 0 unspecified atom stereocenters. The van der Waals surface area contributed by atoms with Gasteiger partial charge in [-0.05, 0) is 48.5 Å². The van der Waals surface area contributed by atoms with Crippen molar-refractivity contribution >= 4 is 64.3 Å². The third-order valence-electron chi connectivity index (χ3n) is 4.65. The van der Waals surface area contributed by atoms with Crippen molar-refractivity contribution in [3.8, 4) is 5.75 Å². The second-order valence-electron chi connectivity index (χ2n) is 7.12. The number of non-ortho nitro benzene ring substituents is 1. The number of halogens is 2. The zero-order chi connectivity index (χ0) is 25.5. The lowest BCUT2D eigenvalue weighted by atomic mass is 10.2. The SMILES string of the molecule is COc1ccc(Nc2nc(NN=Cc3ccc(Cl)cc3Cl)nc(Nc3ccc([N+](=O)[O-])cc3)n2)cc1. The van der Waals surface area contributed by atoms with Crippen LogP contribution in [-0.2, 0) is 0 Å². The maximum absolute atomic E-state index is 10.9. The number of methoxy groups -OCH3 is 1. The zero-order valence-corrected chi connectivity index (χ0v) is 20.2. The number of benzene rings is 3. The van der Waals surface area contributed by atoms with Crippen molar-refractivity contribution < 1.29 is 9.66 Å². The first-order valence-electron chi connectivity index (χ1n) is 10.3. The Balaban J connectivity index is 1.58. The second-order valence-corrected chi connectivity index (χ2v) is 7.97. The highest BCUT2D eigenvalue weighted by molar-refractivity contribution is 6.36. The van der Waals surface area contributed by atoms with Gasteiger partial charge in [-0.2, -0.15) is 20.1 Å². The van der Waals surface area contributed by atoms with Crippen molar-refractivity contribution in [1.82, 2.24) is 15.0 Å². The van der Waals surface area contributed by atoms with Gasteiger partial charge in [0.2, 0.25) is 17.8 Å². The lowest BCUT2D eigenvalue weighted by molar-refractivity contribution is -0.384. The van der Waals surface area contributed by atoms with Crippen molar-refractivity contribution in [2.24, 2.45) is 5.10 Å². The van der Waals surface area contributed by atoms with Gasteiger partial charge in [0.15, 0.2) is 0 Å². The topological polar surface area (TPSA) is 139 Å². The van der Waals surface area contributed by atoms with Gasteiger partial charge in [0.25, 0.3) is 5.69 Å². The Kier molecular flexibility index (Phi) is 7.73. The van der Waals surface area contributed by atoms with Crippen molar-refractivity contribution in [2.75, 3.05) is 23.2 Å². The fraction of sp³-hybridized carbons (Fsp3) is 0.0435. The van der Waals surface area contributed by atoms with Gasteiger partial charge >= 0.3 is 0 Å². The third-order valence-corrected chi connectivity index (χ3v) is 5.21. The molecule has 182 valence electrons. The number of ether oxygens (including phenoxy) is 1. The van der Waals surface area contributed by atoms with E-state index in [0.29, 0.717) is 32.7 Å². The third kappa shape index (κ3) is 6.56. The van der Waals surface area contributed by atoms with E-state index in [2.05, 4.69) is 36.1 Å². The van der Waals surface area contributed by atoms with Crippen LogP contribution in [0.2, 0.25) is 10.0 Å². The Morgan fingerprint density at radius 1 is 0.889 bits per heavy atom. The van der Waals surface area contributed by atoms with E-state index < -0.39 is 4.92 Å². The van der Waals surface area contributed by atoms with Crippen LogP contribution in [0.15, 0.2) is 71.8 Å². The van der Waals surface area contributed by atoms with Crippen LogP contribution >= 0.6 is 23.2 Å². The Morgan fingerprint density at radius 2 is 1.47 bits per heavy atom. The highest BCUT2D eigenvalue weighted by atomic mass is 35.5. The average molecular weight is 525 g/mol. The number of hydrogen-bond donors (Lipinski definition) is 3. The van der Waals surface area contributed by atoms with Crippen LogP contribution in [0.4, 0.5) is 34.9 Å². The maximum Gasteiger partial charge on any atom is 0.269 e. The molecule has 0 atom stereocenters. The van der Waals surface area contributed by atoms with Crippen LogP contribution in [0.5, 0.6) is 5.75 Å². The first kappa shape index (κ1) is 24.6. The van der Waals surface area contributed by atoms with Crippen LogP contribution in [0, 0.1) is 10.1 Å². The van der Waals surface area contributed by atoms with Gasteiger partial charge in [-0.15, -0.1) is 0 Å². The fourth-order valence-corrected chi connectivity index (χ4v) is 3.36. The Bertz CT molecular complexity index is 1400. The number of nitrogens with zero attached hydrogens (tertiary/aromatic N) is 5. The summed E-state index contributed by atoms with van der Waals surface area (Å²) < 4.78 is 5.18. The van der Waals surface area contributed by atoms with E-state index in [1.165, 1.54) is 18.3 Å². The first-order chi connectivity index (χ1) is 17.4. The van der Waals surface area contributed by atoms with E-state index in [0.717, 1.165) is 0 Å². The molecule has 0 bridgehead atoms. The van der Waals surface area contributed by atoms with Gasteiger partial charge in [-0.1, -0.05) is 29.3 Å². The molecule has 0 amide bonds. The molecule has 3 N–H and O–H groups in total. The number of hydrazone groups is 1. The summed E-state index contributed by atoms with van der Waals surface area (Å²) in [6, 6.07) is 18.1. The van der Waals surface area contributed by atoms with Crippen molar-refractivity contribution in [1.29, 1.82) is 0 Å². The number of nitro groups is 1. The molecule has 1 heterocycles. The van der Waals surface area contributed by atoms with E-state index in [9.17, 15) is 10.1 Å². The summed E-state index contributed by atoms with van der Waals surface area (Å²) in [5.41, 5.74) is 4.63. The molecule has 0 saturated carbocycles. The van der Waals surface area contributed by atoms with Crippen molar-refractivity contribution in [3.63, 3.8) is 0 Å². The number of rotatable bonds is 9. The molecular formula is C23H18Cl2N8O3. The van der Waals surface area contributed by atoms with E-state index in [1.54, 1.807) is 61.7 Å². The van der Waals surface area contributed by atoms with Crippen molar-refractivity contribution in [3.05, 3.63) is 92.5 Å². The zero-order valence-electron chi connectivity index (χ0n) is 18.6. The van der Waals surface area contributed by atoms with Gasteiger partial charge in [0.05, 0.1) is 23.3 Å². The Morgan fingerprint density at radius 3 is 2.03 bits per heavy atom. The molecule has 4 rings (SSSR count). The number of anilines is 5. The molecule has 4 aromatic rings. The Hall–Kier alpha value is -4.48. The van der Waals surface area contributed by atoms with Gasteiger partial charge in [0.1, 0.15) is 5.75 Å². The summed E-state index contributed by atoms with van der Waals surface area (Å²) >= 11 is 12.1. The minimum atomic E-state index is -0.476. The summed E-state index contributed by atoms with van der Waals surface area (Å²) in [4.78, 5) is 23.5. The largest absolute Gasteiger partial charge is 0.497 e. The number of hydrogen-bond acceptors (Lipinski definition) is 10. The van der Waals surface area contributed by atoms with Gasteiger partial charge in [-0.3, -0.25) is 10.1 Å². The summed E-state index contributed by atoms with van der Waals surface area (Å²) in [5.74, 6) is 1.24. The molecule has 0 aliphatic rings. The number of aromatic nitrogens is 3. The maximum atomic E-state index is 10.9. The molecule has 0 spiro atoms. The summed E-state index contributed by atoms with van der Waals surface area (Å²) in [6.07, 6.45) is 1.50. The molecule has 0 saturated heterocycles. The van der Waals surface area contributed by atoms with E-state index in [-0.39, 0.29) is 23.5 Å². The highest BCUT2D eigenvalue weighted by Gasteiger charge is 2.10. The minimum Gasteiger partial charge on any atom is -0.497 e. The van der Waals surface area contributed by atoms with Gasteiger partial charge in [0, 0.05) is 34.1 Å². The highest BCUT2D eigenvalue weighted by Crippen LogP contribution is 2.23. The van der Waals surface area contributed by atoms with Crippen molar-refractivity contribution in [2.45, 2.75) is 0 Å². The predicted octanol–water partition coefficient (Wildman–Crippen LogP) is 6.03. The second kappa shape index (κ2) is 11.3. The molecule has 11 nitrogen and oxygen atoms in total. The fourth-order valence-electron chi connectivity index (χ4n) is 2.90. The van der Waals surface area contributed by atoms with Crippen LogP contribution in [-0.4, -0.2) is 33.2 Å². The molecule has 0 aliphatic carbocycles. The summed E-state index contributed by atoms with van der Waals surface area (Å²) in [6.45, 7) is 0.